The lowest BCUT2D eigenvalue weighted by Gasteiger charge is -2.13. The fourth-order valence-corrected chi connectivity index (χ4v) is 16.3. The standard InChI is InChI=1S/2C19H20N2O5S.C19H20N2O3S.C17H14Cl2N2O3S.C17H17N3O4S/c1-25-13-7-5-8-14(26-2)17(13)19(24)27-15-9-4-3-6-12(15)18(23)21-11-10-16(20)22;1-25-12-7-8-13(15(11-12)26-2)19(24)27-16-6-4-3-5-14(16)18(23)21-10-9-17(20)22;1-12-6-3-4-8-14(12)19(24)25-17-13(2)7-5-9-15(17)18(23)21-11-10-16(20)22;18-11-5-3-6-12(19)15(11)17(24)25-13-7-2-1-4-10(13)16(23)21-9-8-14(20)22;1-24-13-6-2-5-12(16(22)20-9-7-14(18)21)15(13)25-17(23)11-4-3-8-19-10-11/h3-9H,10-11H2,1-2H3,(H2,20,22)(H,21,23);3-8,11H,9-10H2,1-2H3,(H2,20,22)(H,21,23);3-9H,10-11H2,1-2H3,(H2,20,22)(H,21,23);1-7H,8-9H2,(H2,20,22)(H,21,23);2-6,8,10H,7,9H2,1H3,(H2,18,21)(H,20,22). The minimum Gasteiger partial charge on any atom is -0.497 e. The summed E-state index contributed by atoms with van der Waals surface area (Å²) in [6, 6.07) is 55.6. The third-order valence-electron chi connectivity index (χ3n) is 17.3. The van der Waals surface area contributed by atoms with Gasteiger partial charge in [0.25, 0.3) is 29.5 Å². The number of nitrogens with zero attached hydrogens (tertiary/aromatic N) is 1. The minimum atomic E-state index is -0.508. The monoisotopic (exact) mass is 1890 g/mol. The molecule has 9 aromatic carbocycles. The molecule has 0 atom stereocenters. The summed E-state index contributed by atoms with van der Waals surface area (Å²) in [7, 11) is 7.39. The van der Waals surface area contributed by atoms with Crippen LogP contribution in [0.15, 0.2) is 237 Å². The maximum absolute atomic E-state index is 12.9. The van der Waals surface area contributed by atoms with E-state index in [9.17, 15) is 71.9 Å². The highest BCUT2D eigenvalue weighted by atomic mass is 35.5. The number of carbonyl (C=O) groups is 15. The fourth-order valence-electron chi connectivity index (χ4n) is 10.9. The number of carbonyl (C=O) groups excluding carboxylic acids is 15. The first kappa shape index (κ1) is 104. The van der Waals surface area contributed by atoms with Crippen LogP contribution >= 0.6 is 82.0 Å². The molecule has 38 heteroatoms. The SMILES string of the molecule is COc1ccc(C(=O)Sc2ccccc2C(=O)NCCC(N)=O)c(OC)c1.COc1cccc(C(=O)NCCC(N)=O)c1SC(=O)c1cccnc1.COc1cccc(OC)c1C(=O)Sc1ccccc1C(=O)NCCC(N)=O.Cc1ccccc1C(=O)Sc1c(C)cccc1C(=O)NCCC(N)=O.NC(=O)CCNC(=O)c1ccccc1SC(=O)c1c(Cl)cccc1Cl. The van der Waals surface area contributed by atoms with Crippen molar-refractivity contribution < 1.29 is 95.6 Å². The molecule has 10 amide bonds. The Hall–Kier alpha value is -13.5. The molecule has 1 heterocycles. The molecule has 674 valence electrons. The van der Waals surface area contributed by atoms with Gasteiger partial charge in [-0.3, -0.25) is 76.9 Å². The van der Waals surface area contributed by atoms with Gasteiger partial charge in [-0.25, -0.2) is 0 Å². The van der Waals surface area contributed by atoms with Crippen molar-refractivity contribution in [3.05, 3.63) is 289 Å². The van der Waals surface area contributed by atoms with Gasteiger partial charge < -0.3 is 78.9 Å². The molecule has 0 aliphatic heterocycles. The van der Waals surface area contributed by atoms with Crippen LogP contribution < -0.4 is 78.9 Å². The number of nitrogens with two attached hydrogens (primary N) is 5. The highest BCUT2D eigenvalue weighted by molar-refractivity contribution is 8.15. The molecule has 0 saturated heterocycles. The predicted octanol–water partition coefficient (Wildman–Crippen LogP) is 12.5. The first-order valence-corrected chi connectivity index (χ1v) is 43.4. The summed E-state index contributed by atoms with van der Waals surface area (Å²) in [5.74, 6) is -2.28. The van der Waals surface area contributed by atoms with Crippen LogP contribution in [0.25, 0.3) is 0 Å². The number of pyridine rings is 1. The van der Waals surface area contributed by atoms with Crippen LogP contribution in [-0.2, 0) is 24.0 Å². The van der Waals surface area contributed by atoms with E-state index in [1.807, 2.05) is 38.1 Å². The Bertz CT molecular complexity index is 5690. The second kappa shape index (κ2) is 54.5. The number of methoxy groups -OCH3 is 5. The molecule has 31 nitrogen and oxygen atoms in total. The van der Waals surface area contributed by atoms with Gasteiger partial charge in [-0.05, 0) is 187 Å². The smallest absolute Gasteiger partial charge is 0.252 e. The van der Waals surface area contributed by atoms with E-state index < -0.39 is 41.4 Å². The summed E-state index contributed by atoms with van der Waals surface area (Å²) >= 11 is 16.7. The average molecular weight is 1890 g/mol. The van der Waals surface area contributed by atoms with Gasteiger partial charge in [-0.15, -0.1) is 0 Å². The zero-order valence-corrected chi connectivity index (χ0v) is 76.2. The number of benzene rings is 9. The molecule has 1 aromatic heterocycles. The molecular formula is C91H91Cl2N11O20S5. The molecular weight excluding hydrogens is 1800 g/mol. The Morgan fingerprint density at radius 3 is 1.06 bits per heavy atom. The second-order valence-corrected chi connectivity index (χ2v) is 32.2. The van der Waals surface area contributed by atoms with Gasteiger partial charge in [0.15, 0.2) is 0 Å². The topological polar surface area (TPSA) is 505 Å². The Balaban J connectivity index is 0.000000249. The second-order valence-electron chi connectivity index (χ2n) is 26.3. The highest BCUT2D eigenvalue weighted by Crippen LogP contribution is 2.39. The molecule has 0 bridgehead atoms. The van der Waals surface area contributed by atoms with Gasteiger partial charge >= 0.3 is 0 Å². The Kier molecular flexibility index (Phi) is 44.1. The first-order valence-electron chi connectivity index (χ1n) is 38.6. The molecule has 15 N–H and O–H groups in total. The Labute approximate surface area is 774 Å². The number of ether oxygens (including phenoxy) is 5. The molecule has 10 rings (SSSR count). The quantitative estimate of drug-likeness (QED) is 0.0165. The van der Waals surface area contributed by atoms with Crippen LogP contribution in [-0.4, -0.2) is 158 Å². The van der Waals surface area contributed by atoms with Gasteiger partial charge in [0.2, 0.25) is 55.1 Å². The van der Waals surface area contributed by atoms with Crippen molar-refractivity contribution in [2.75, 3.05) is 68.3 Å². The van der Waals surface area contributed by atoms with Crippen molar-refractivity contribution in [2.45, 2.75) is 70.4 Å². The molecule has 0 aliphatic rings. The van der Waals surface area contributed by atoms with Crippen molar-refractivity contribution in [3.8, 4) is 28.7 Å². The van der Waals surface area contributed by atoms with Crippen LogP contribution in [0.1, 0.15) is 147 Å². The largest absolute Gasteiger partial charge is 0.497 e. The highest BCUT2D eigenvalue weighted by Gasteiger charge is 2.27. The van der Waals surface area contributed by atoms with E-state index in [1.54, 1.807) is 182 Å². The van der Waals surface area contributed by atoms with Crippen LogP contribution in [0.2, 0.25) is 10.0 Å². The number of primary amides is 5. The van der Waals surface area contributed by atoms with Gasteiger partial charge in [0, 0.05) is 114 Å². The number of amides is 10. The number of hydrogen-bond donors (Lipinski definition) is 10. The summed E-state index contributed by atoms with van der Waals surface area (Å²) in [6.45, 7) is 4.40. The van der Waals surface area contributed by atoms with E-state index in [0.29, 0.717) is 92.2 Å². The van der Waals surface area contributed by atoms with Crippen molar-refractivity contribution in [1.82, 2.24) is 31.6 Å². The third kappa shape index (κ3) is 33.7. The van der Waals surface area contributed by atoms with Gasteiger partial charge in [0.05, 0.1) is 89.4 Å². The molecule has 0 fully saturated rings. The van der Waals surface area contributed by atoms with Crippen molar-refractivity contribution in [3.63, 3.8) is 0 Å². The molecule has 10 aromatic rings. The molecule has 129 heavy (non-hydrogen) atoms. The van der Waals surface area contributed by atoms with E-state index in [4.69, 9.17) is 75.6 Å². The van der Waals surface area contributed by atoms with Crippen molar-refractivity contribution in [2.24, 2.45) is 28.7 Å². The predicted molar refractivity (Wildman–Crippen MR) is 496 cm³/mol. The summed E-state index contributed by atoms with van der Waals surface area (Å²) in [5, 5.41) is 12.2. The number of rotatable bonds is 35. The number of thioether (sulfide) groups is 5. The van der Waals surface area contributed by atoms with Crippen LogP contribution in [0.5, 0.6) is 28.7 Å². The molecule has 0 spiro atoms. The number of nitrogens with one attached hydrogen (secondary N) is 5. The zero-order chi connectivity index (χ0) is 94.7. The number of halogens is 2. The van der Waals surface area contributed by atoms with Gasteiger partial charge in [-0.2, -0.15) is 0 Å². The van der Waals surface area contributed by atoms with Gasteiger partial charge in [-0.1, -0.05) is 114 Å². The Morgan fingerprint density at radius 2 is 0.651 bits per heavy atom. The van der Waals surface area contributed by atoms with Crippen LogP contribution in [0.4, 0.5) is 0 Å². The first-order chi connectivity index (χ1) is 61.7. The lowest BCUT2D eigenvalue weighted by atomic mass is 10.1. The van der Waals surface area contributed by atoms with Crippen molar-refractivity contribution >= 4 is 167 Å². The molecule has 0 radical (unpaired) electrons. The molecule has 0 saturated carbocycles. The third-order valence-corrected chi connectivity index (χ3v) is 23.0. The van der Waals surface area contributed by atoms with E-state index in [1.165, 1.54) is 41.7 Å². The maximum atomic E-state index is 12.9. The maximum Gasteiger partial charge on any atom is 0.252 e. The number of aryl methyl sites for hydroxylation is 2. The van der Waals surface area contributed by atoms with Crippen LogP contribution in [0.3, 0.4) is 0 Å². The van der Waals surface area contributed by atoms with Crippen molar-refractivity contribution in [1.29, 1.82) is 0 Å². The summed E-state index contributed by atoms with van der Waals surface area (Å²) in [6.07, 6.45) is 3.26. The minimum absolute atomic E-state index is 0.0345. The molecule has 0 aliphatic carbocycles. The van der Waals surface area contributed by atoms with E-state index >= 15 is 0 Å². The normalized spacial score (nSPS) is 10.2. The van der Waals surface area contributed by atoms with E-state index in [0.717, 1.165) is 69.9 Å². The van der Waals surface area contributed by atoms with E-state index in [-0.39, 0.29) is 135 Å². The lowest BCUT2D eigenvalue weighted by molar-refractivity contribution is -0.118. The molecule has 0 unspecified atom stereocenters. The Morgan fingerprint density at radius 1 is 0.310 bits per heavy atom. The fraction of sp³-hybridized carbons (Fsp3) is 0.187. The number of aromatic nitrogens is 1. The van der Waals surface area contributed by atoms with Crippen LogP contribution in [0, 0.1) is 13.8 Å². The summed E-state index contributed by atoms with van der Waals surface area (Å²) in [5.41, 5.74) is 30.6. The summed E-state index contributed by atoms with van der Waals surface area (Å²) in [4.78, 5) is 185. The number of hydrogen-bond acceptors (Lipinski definition) is 26. The average Bonchev–Trinajstić information content (AvgIpc) is 0.801. The zero-order valence-electron chi connectivity index (χ0n) is 70.6. The van der Waals surface area contributed by atoms with E-state index in [2.05, 4.69) is 31.6 Å². The lowest BCUT2D eigenvalue weighted by Crippen LogP contribution is -2.28. The summed E-state index contributed by atoms with van der Waals surface area (Å²) < 4.78 is 26.2. The van der Waals surface area contributed by atoms with Gasteiger partial charge in [0.1, 0.15) is 34.3 Å².